The van der Waals surface area contributed by atoms with Crippen molar-refractivity contribution in [2.45, 2.75) is 50.7 Å². The maximum atomic E-state index is 12.2. The number of Topliss-reactive ketones (excluding diaryl/α,β-unsaturated/α-hetero) is 2. The van der Waals surface area contributed by atoms with Crippen molar-refractivity contribution < 1.29 is 24.3 Å². The fourth-order valence-corrected chi connectivity index (χ4v) is 2.46. The second-order valence-electron chi connectivity index (χ2n) is 6.52. The van der Waals surface area contributed by atoms with Crippen LogP contribution in [-0.2, 0) is 19.2 Å². The minimum atomic E-state index is -0.960. The Morgan fingerprint density at radius 2 is 1.66 bits per heavy atom. The lowest BCUT2D eigenvalue weighted by Gasteiger charge is -2.20. The van der Waals surface area contributed by atoms with E-state index in [1.165, 1.54) is 12.0 Å². The van der Waals surface area contributed by atoms with Gasteiger partial charge in [-0.15, -0.1) is 0 Å². The highest BCUT2D eigenvalue weighted by atomic mass is 33.2. The zero-order chi connectivity index (χ0) is 22.1. The van der Waals surface area contributed by atoms with E-state index in [9.17, 15) is 19.2 Å². The molecule has 0 aromatic carbocycles. The van der Waals surface area contributed by atoms with Crippen molar-refractivity contribution in [2.24, 2.45) is 0 Å². The van der Waals surface area contributed by atoms with E-state index in [0.717, 1.165) is 0 Å². The highest BCUT2D eigenvalue weighted by molar-refractivity contribution is 8.92. The zero-order valence-corrected chi connectivity index (χ0v) is 19.0. The SMILES string of the molecule is C1SS1.CNCC[C@H](NC)C(=O)CN[C@@H](CCN[C@H](C=O)CCC(=O)O)C(C)=O. The summed E-state index contributed by atoms with van der Waals surface area (Å²) in [5.74, 6) is -1.07. The van der Waals surface area contributed by atoms with Gasteiger partial charge in [-0.05, 0) is 53.4 Å². The predicted molar refractivity (Wildman–Crippen MR) is 118 cm³/mol. The van der Waals surface area contributed by atoms with Crippen LogP contribution in [0.1, 0.15) is 32.6 Å². The Bertz CT molecular complexity index is 506. The lowest BCUT2D eigenvalue weighted by molar-refractivity contribution is -0.137. The van der Waals surface area contributed by atoms with E-state index >= 15 is 0 Å². The Kier molecular flexibility index (Phi) is 17.2. The van der Waals surface area contributed by atoms with Gasteiger partial charge in [0, 0.05) is 6.42 Å². The Morgan fingerprint density at radius 3 is 2.10 bits per heavy atom. The zero-order valence-electron chi connectivity index (χ0n) is 17.4. The summed E-state index contributed by atoms with van der Waals surface area (Å²) in [5, 5.41) is 21.8. The summed E-state index contributed by atoms with van der Waals surface area (Å²) >= 11 is 0. The van der Waals surface area contributed by atoms with Crippen LogP contribution in [0.25, 0.3) is 0 Å². The molecule has 1 aliphatic rings. The van der Waals surface area contributed by atoms with Crippen LogP contribution < -0.4 is 21.3 Å². The minimum absolute atomic E-state index is 0.0193. The number of hydrogen-bond acceptors (Lipinski definition) is 10. The summed E-state index contributed by atoms with van der Waals surface area (Å²) < 4.78 is 0. The van der Waals surface area contributed by atoms with Gasteiger partial charge < -0.3 is 31.2 Å². The first-order chi connectivity index (χ1) is 13.8. The van der Waals surface area contributed by atoms with Crippen LogP contribution in [-0.4, -0.2) is 85.9 Å². The number of carboxylic acids is 1. The molecule has 0 aromatic rings. The quantitative estimate of drug-likeness (QED) is 0.117. The van der Waals surface area contributed by atoms with Crippen molar-refractivity contribution >= 4 is 45.4 Å². The van der Waals surface area contributed by atoms with Crippen molar-refractivity contribution in [1.29, 1.82) is 0 Å². The number of carbonyl (C=O) groups excluding carboxylic acids is 3. The van der Waals surface area contributed by atoms with Gasteiger partial charge in [0.2, 0.25) is 0 Å². The lowest BCUT2D eigenvalue weighted by Crippen LogP contribution is -2.46. The monoisotopic (exact) mass is 450 g/mol. The molecule has 1 aliphatic heterocycles. The number of carboxylic acid groups (broad SMARTS) is 1. The molecular weight excluding hydrogens is 416 g/mol. The number of aldehydes is 1. The minimum Gasteiger partial charge on any atom is -0.481 e. The van der Waals surface area contributed by atoms with Gasteiger partial charge in [-0.2, -0.15) is 0 Å². The molecule has 5 N–H and O–H groups in total. The van der Waals surface area contributed by atoms with Gasteiger partial charge in [-0.3, -0.25) is 14.4 Å². The first-order valence-corrected chi connectivity index (χ1v) is 12.1. The van der Waals surface area contributed by atoms with E-state index in [4.69, 9.17) is 5.11 Å². The van der Waals surface area contributed by atoms with Crippen molar-refractivity contribution in [3.05, 3.63) is 0 Å². The molecule has 0 saturated carbocycles. The maximum absolute atomic E-state index is 12.2. The third-order valence-corrected chi connectivity index (χ3v) is 5.17. The molecule has 0 radical (unpaired) electrons. The van der Waals surface area contributed by atoms with Crippen LogP contribution in [0.3, 0.4) is 0 Å². The standard InChI is InChI=1S/C17H32N4O5.CH2S2/c1-12(23)14(7-9-20-13(11-22)4-5-17(25)26)21-10-16(24)15(19-3)6-8-18-2;1-2-3-1/h11,13-15,18-21H,4-10H2,1-3H3,(H,25,26);1H2/t13-,14-,15-;/m0./s1. The molecule has 0 spiro atoms. The fraction of sp³-hybridized carbons (Fsp3) is 0.778. The molecule has 3 atom stereocenters. The second-order valence-corrected chi connectivity index (χ2v) is 9.34. The first-order valence-electron chi connectivity index (χ1n) is 9.58. The molecule has 29 heavy (non-hydrogen) atoms. The lowest BCUT2D eigenvalue weighted by atomic mass is 10.1. The third kappa shape index (κ3) is 16.5. The third-order valence-electron chi connectivity index (χ3n) is 4.22. The van der Waals surface area contributed by atoms with E-state index in [2.05, 4.69) is 21.3 Å². The molecule has 0 unspecified atom stereocenters. The van der Waals surface area contributed by atoms with Gasteiger partial charge in [0.05, 0.1) is 29.8 Å². The second kappa shape index (κ2) is 17.8. The topological polar surface area (TPSA) is 137 Å². The number of hydrogen-bond donors (Lipinski definition) is 5. The molecule has 1 rings (SSSR count). The summed E-state index contributed by atoms with van der Waals surface area (Å²) in [4.78, 5) is 45.4. The number of rotatable bonds is 17. The van der Waals surface area contributed by atoms with Crippen LogP contribution in [0.15, 0.2) is 0 Å². The summed E-state index contributed by atoms with van der Waals surface area (Å²) in [7, 11) is 7.37. The predicted octanol–water partition coefficient (Wildman–Crippen LogP) is 0.0511. The van der Waals surface area contributed by atoms with Gasteiger partial charge in [-0.25, -0.2) is 0 Å². The average Bonchev–Trinajstić information content (AvgIpc) is 3.56. The molecule has 0 aliphatic carbocycles. The number of carbonyl (C=O) groups is 4. The molecule has 168 valence electrons. The highest BCUT2D eigenvalue weighted by Gasteiger charge is 2.20. The van der Waals surface area contributed by atoms with E-state index in [1.807, 2.05) is 28.6 Å². The molecule has 1 fully saturated rings. The summed E-state index contributed by atoms with van der Waals surface area (Å²) in [5.41, 5.74) is 0. The fourth-order valence-electron chi connectivity index (χ4n) is 2.46. The van der Waals surface area contributed by atoms with Gasteiger partial charge in [-0.1, -0.05) is 21.6 Å². The molecule has 1 saturated heterocycles. The summed E-state index contributed by atoms with van der Waals surface area (Å²) in [6, 6.07) is -1.34. The average molecular weight is 451 g/mol. The Labute approximate surface area is 180 Å². The highest BCUT2D eigenvalue weighted by Crippen LogP contribution is 2.41. The van der Waals surface area contributed by atoms with Crippen LogP contribution in [0.5, 0.6) is 0 Å². The smallest absolute Gasteiger partial charge is 0.303 e. The molecule has 0 aromatic heterocycles. The van der Waals surface area contributed by atoms with Gasteiger partial charge in [0.1, 0.15) is 12.1 Å². The largest absolute Gasteiger partial charge is 0.481 e. The molecule has 11 heteroatoms. The Balaban J connectivity index is 0.00000237. The van der Waals surface area contributed by atoms with Crippen molar-refractivity contribution in [1.82, 2.24) is 21.3 Å². The molecular formula is C18H34N4O5S2. The number of nitrogens with one attached hydrogen (secondary N) is 4. The van der Waals surface area contributed by atoms with Crippen LogP contribution in [0, 0.1) is 0 Å². The molecule has 0 amide bonds. The van der Waals surface area contributed by atoms with Crippen LogP contribution >= 0.6 is 21.6 Å². The van der Waals surface area contributed by atoms with E-state index in [0.29, 0.717) is 32.2 Å². The molecule has 9 nitrogen and oxygen atoms in total. The van der Waals surface area contributed by atoms with Gasteiger partial charge in [0.15, 0.2) is 5.78 Å². The van der Waals surface area contributed by atoms with E-state index < -0.39 is 18.1 Å². The van der Waals surface area contributed by atoms with E-state index in [-0.39, 0.29) is 37.0 Å². The summed E-state index contributed by atoms with van der Waals surface area (Å²) in [6.45, 7) is 2.60. The number of ketones is 2. The maximum Gasteiger partial charge on any atom is 0.303 e. The van der Waals surface area contributed by atoms with Crippen LogP contribution in [0.4, 0.5) is 0 Å². The Hall–Kier alpha value is -0.980. The summed E-state index contributed by atoms with van der Waals surface area (Å²) in [6.07, 6.45) is 1.83. The molecule has 0 bridgehead atoms. The Morgan fingerprint density at radius 1 is 1.03 bits per heavy atom. The van der Waals surface area contributed by atoms with Gasteiger partial charge >= 0.3 is 5.97 Å². The van der Waals surface area contributed by atoms with Crippen molar-refractivity contribution in [3.8, 4) is 0 Å². The number of aliphatic carboxylic acids is 1. The van der Waals surface area contributed by atoms with Crippen molar-refractivity contribution in [2.75, 3.05) is 38.8 Å². The molecule has 1 heterocycles. The van der Waals surface area contributed by atoms with Gasteiger partial charge in [0.25, 0.3) is 0 Å². The van der Waals surface area contributed by atoms with Crippen LogP contribution in [0.2, 0.25) is 0 Å². The van der Waals surface area contributed by atoms with E-state index in [1.54, 1.807) is 7.05 Å². The normalized spacial score (nSPS) is 15.4. The first kappa shape index (κ1) is 28.0. The van der Waals surface area contributed by atoms with Crippen molar-refractivity contribution in [3.63, 3.8) is 0 Å². The number of likely N-dealkylation sites (N-methyl/N-ethyl adjacent to an activating group) is 1.